The van der Waals surface area contributed by atoms with Gasteiger partial charge in [-0.2, -0.15) is 0 Å². The van der Waals surface area contributed by atoms with Gasteiger partial charge < -0.3 is 10.5 Å². The number of nitro benzene ring substituents is 1. The molecule has 1 aromatic carbocycles. The van der Waals surface area contributed by atoms with Gasteiger partial charge in [-0.3, -0.25) is 10.1 Å². The predicted octanol–water partition coefficient (Wildman–Crippen LogP) is 3.57. The quantitative estimate of drug-likeness (QED) is 0.680. The van der Waals surface area contributed by atoms with Crippen LogP contribution in [0.4, 0.5) is 15.8 Å². The summed E-state index contributed by atoms with van der Waals surface area (Å²) in [6.07, 6.45) is 1.45. The van der Waals surface area contributed by atoms with Crippen molar-refractivity contribution < 1.29 is 14.1 Å². The van der Waals surface area contributed by atoms with Gasteiger partial charge in [0.15, 0.2) is 0 Å². The molecule has 1 heterocycles. The fraction of sp³-hybridized carbons (Fsp3) is 0.0833. The Balaban J connectivity index is 2.50. The first-order chi connectivity index (χ1) is 9.40. The van der Waals surface area contributed by atoms with Crippen LogP contribution in [0.3, 0.4) is 0 Å². The van der Waals surface area contributed by atoms with E-state index >= 15 is 0 Å². The van der Waals surface area contributed by atoms with Crippen LogP contribution in [0.25, 0.3) is 0 Å². The van der Waals surface area contributed by atoms with E-state index in [4.69, 9.17) is 10.5 Å². The molecular formula is C12H9BrFN3O3. The Morgan fingerprint density at radius 3 is 2.85 bits per heavy atom. The molecule has 0 aliphatic heterocycles. The fourth-order valence-corrected chi connectivity index (χ4v) is 1.80. The van der Waals surface area contributed by atoms with Gasteiger partial charge in [-0.15, -0.1) is 0 Å². The number of benzene rings is 1. The lowest BCUT2D eigenvalue weighted by molar-refractivity contribution is -0.385. The molecule has 104 valence electrons. The number of ether oxygens (including phenoxy) is 1. The first-order valence-corrected chi connectivity index (χ1v) is 6.22. The minimum Gasteiger partial charge on any atom is -0.430 e. The lowest BCUT2D eigenvalue weighted by atomic mass is 10.2. The number of nitro groups is 1. The zero-order chi connectivity index (χ0) is 14.9. The van der Waals surface area contributed by atoms with Gasteiger partial charge in [0.05, 0.1) is 15.1 Å². The second kappa shape index (κ2) is 5.41. The Bertz CT molecular complexity index is 694. The van der Waals surface area contributed by atoms with Crippen LogP contribution in [-0.4, -0.2) is 9.91 Å². The molecule has 2 aromatic rings. The first kappa shape index (κ1) is 14.2. The molecule has 0 saturated carbocycles. The van der Waals surface area contributed by atoms with Crippen LogP contribution in [0.2, 0.25) is 0 Å². The maximum absolute atomic E-state index is 13.5. The maximum Gasteiger partial charge on any atom is 0.312 e. The summed E-state index contributed by atoms with van der Waals surface area (Å²) >= 11 is 2.88. The van der Waals surface area contributed by atoms with Crippen molar-refractivity contribution >= 4 is 27.3 Å². The van der Waals surface area contributed by atoms with Crippen molar-refractivity contribution in [1.29, 1.82) is 0 Å². The van der Waals surface area contributed by atoms with E-state index in [2.05, 4.69) is 20.9 Å². The number of nitrogens with zero attached hydrogens (tertiary/aromatic N) is 2. The Hall–Kier alpha value is -2.22. The Kier molecular flexibility index (Phi) is 3.84. The van der Waals surface area contributed by atoms with Crippen molar-refractivity contribution in [2.75, 3.05) is 5.73 Å². The van der Waals surface area contributed by atoms with Crippen LogP contribution < -0.4 is 10.5 Å². The van der Waals surface area contributed by atoms with Crippen LogP contribution in [0.15, 0.2) is 28.9 Å². The van der Waals surface area contributed by atoms with Gasteiger partial charge >= 0.3 is 5.69 Å². The molecule has 0 saturated heterocycles. The van der Waals surface area contributed by atoms with E-state index in [0.29, 0.717) is 5.56 Å². The van der Waals surface area contributed by atoms with Crippen LogP contribution in [-0.2, 0) is 0 Å². The van der Waals surface area contributed by atoms with Crippen LogP contribution in [0.1, 0.15) is 5.56 Å². The van der Waals surface area contributed by atoms with Crippen molar-refractivity contribution in [3.05, 3.63) is 50.4 Å². The van der Waals surface area contributed by atoms with E-state index in [1.165, 1.54) is 6.20 Å². The van der Waals surface area contributed by atoms with Crippen molar-refractivity contribution in [2.45, 2.75) is 6.92 Å². The number of rotatable bonds is 3. The van der Waals surface area contributed by atoms with E-state index < -0.39 is 10.7 Å². The molecule has 0 amide bonds. The molecule has 0 bridgehead atoms. The smallest absolute Gasteiger partial charge is 0.312 e. The third-order valence-corrected chi connectivity index (χ3v) is 3.18. The third-order valence-electron chi connectivity index (χ3n) is 2.58. The fourth-order valence-electron chi connectivity index (χ4n) is 1.47. The number of aromatic nitrogens is 1. The second-order valence-corrected chi connectivity index (χ2v) is 4.79. The van der Waals surface area contributed by atoms with E-state index in [9.17, 15) is 14.5 Å². The molecule has 0 aliphatic carbocycles. The van der Waals surface area contributed by atoms with E-state index in [1.54, 1.807) is 13.0 Å². The number of pyridine rings is 1. The molecule has 0 atom stereocenters. The number of halogens is 2. The highest BCUT2D eigenvalue weighted by Crippen LogP contribution is 2.36. The van der Waals surface area contributed by atoms with Gasteiger partial charge in [0, 0.05) is 18.3 Å². The minimum atomic E-state index is -0.683. The Morgan fingerprint density at radius 2 is 2.20 bits per heavy atom. The number of hydrogen-bond donors (Lipinski definition) is 1. The van der Waals surface area contributed by atoms with Gasteiger partial charge in [-0.25, -0.2) is 9.37 Å². The molecule has 0 unspecified atom stereocenters. The first-order valence-electron chi connectivity index (χ1n) is 5.42. The molecule has 20 heavy (non-hydrogen) atoms. The molecule has 0 spiro atoms. The van der Waals surface area contributed by atoms with Gasteiger partial charge in [0.1, 0.15) is 5.82 Å². The highest BCUT2D eigenvalue weighted by atomic mass is 79.9. The topological polar surface area (TPSA) is 91.3 Å². The zero-order valence-corrected chi connectivity index (χ0v) is 11.8. The molecule has 2 rings (SSSR count). The van der Waals surface area contributed by atoms with Crippen molar-refractivity contribution in [2.24, 2.45) is 0 Å². The summed E-state index contributed by atoms with van der Waals surface area (Å²) in [6.45, 7) is 1.74. The van der Waals surface area contributed by atoms with Crippen molar-refractivity contribution in [3.63, 3.8) is 0 Å². The summed E-state index contributed by atoms with van der Waals surface area (Å²) < 4.78 is 18.8. The number of aryl methyl sites for hydroxylation is 1. The monoisotopic (exact) mass is 341 g/mol. The number of hydrogen-bond acceptors (Lipinski definition) is 5. The van der Waals surface area contributed by atoms with Crippen LogP contribution >= 0.6 is 15.9 Å². The number of nitrogens with two attached hydrogens (primary N) is 1. The summed E-state index contributed by atoms with van der Waals surface area (Å²) in [5.41, 5.74) is 6.32. The average molecular weight is 342 g/mol. The SMILES string of the molecule is Cc1ccnc(Oc2cc(F)c(Br)cc2[N+](=O)[O-])c1N. The highest BCUT2D eigenvalue weighted by Gasteiger charge is 2.21. The summed E-state index contributed by atoms with van der Waals surface area (Å²) in [5.74, 6) is -0.952. The summed E-state index contributed by atoms with van der Waals surface area (Å²) in [6, 6.07) is 3.60. The molecule has 0 radical (unpaired) electrons. The summed E-state index contributed by atoms with van der Waals surface area (Å²) in [7, 11) is 0. The summed E-state index contributed by atoms with van der Waals surface area (Å²) in [5, 5.41) is 11.0. The molecule has 2 N–H and O–H groups in total. The molecule has 6 nitrogen and oxygen atoms in total. The van der Waals surface area contributed by atoms with E-state index in [-0.39, 0.29) is 27.5 Å². The Morgan fingerprint density at radius 1 is 1.50 bits per heavy atom. The van der Waals surface area contributed by atoms with Gasteiger partial charge in [-0.05, 0) is 34.5 Å². The van der Waals surface area contributed by atoms with Gasteiger partial charge in [0.25, 0.3) is 0 Å². The lowest BCUT2D eigenvalue weighted by Crippen LogP contribution is -2.00. The highest BCUT2D eigenvalue weighted by molar-refractivity contribution is 9.10. The van der Waals surface area contributed by atoms with Crippen LogP contribution in [0.5, 0.6) is 11.6 Å². The van der Waals surface area contributed by atoms with Gasteiger partial charge in [0.2, 0.25) is 11.6 Å². The lowest BCUT2D eigenvalue weighted by Gasteiger charge is -2.09. The molecular weight excluding hydrogens is 333 g/mol. The summed E-state index contributed by atoms with van der Waals surface area (Å²) in [4.78, 5) is 14.2. The zero-order valence-electron chi connectivity index (χ0n) is 10.3. The van der Waals surface area contributed by atoms with Gasteiger partial charge in [-0.1, -0.05) is 0 Å². The van der Waals surface area contributed by atoms with Crippen molar-refractivity contribution in [1.82, 2.24) is 4.98 Å². The maximum atomic E-state index is 13.5. The minimum absolute atomic E-state index is 0.00479. The predicted molar refractivity (Wildman–Crippen MR) is 74.2 cm³/mol. The Labute approximate surface area is 121 Å². The normalized spacial score (nSPS) is 10.3. The molecule has 0 fully saturated rings. The number of nitrogen functional groups attached to an aromatic ring is 1. The standard InChI is InChI=1S/C12H9BrFN3O3/c1-6-2-3-16-12(11(6)15)20-10-5-8(14)7(13)4-9(10)17(18)19/h2-5H,15H2,1H3. The molecule has 0 aliphatic rings. The molecule has 1 aromatic heterocycles. The van der Waals surface area contributed by atoms with Crippen LogP contribution in [0, 0.1) is 22.9 Å². The van der Waals surface area contributed by atoms with E-state index in [0.717, 1.165) is 12.1 Å². The second-order valence-electron chi connectivity index (χ2n) is 3.94. The largest absolute Gasteiger partial charge is 0.430 e. The number of anilines is 1. The molecule has 8 heteroatoms. The average Bonchev–Trinajstić information content (AvgIpc) is 2.38. The van der Waals surface area contributed by atoms with Crippen molar-refractivity contribution in [3.8, 4) is 11.6 Å². The third kappa shape index (κ3) is 2.69. The van der Waals surface area contributed by atoms with E-state index in [1.807, 2.05) is 0 Å².